The zero-order valence-electron chi connectivity index (χ0n) is 16.9. The number of hydrogen-bond acceptors (Lipinski definition) is 5. The van der Waals surface area contributed by atoms with Crippen LogP contribution < -0.4 is 10.6 Å². The van der Waals surface area contributed by atoms with Gasteiger partial charge in [0.1, 0.15) is 0 Å². The maximum Gasteiger partial charge on any atom is 0.232 e. The molecule has 1 rings (SSSR count). The average molecular weight is 466 g/mol. The number of guanidine groups is 1. The summed E-state index contributed by atoms with van der Waals surface area (Å²) in [6.45, 7) is 17.3. The number of nitrogens with one attached hydrogen (secondary N) is 2. The van der Waals surface area contributed by atoms with Crippen molar-refractivity contribution in [2.75, 3.05) is 20.1 Å². The Morgan fingerprint density at radius 1 is 1.16 bits per heavy atom. The molecular formula is C17H35IN6O. The van der Waals surface area contributed by atoms with Crippen LogP contribution in [0.1, 0.15) is 60.2 Å². The molecule has 8 heteroatoms. The monoisotopic (exact) mass is 466 g/mol. The van der Waals surface area contributed by atoms with Crippen molar-refractivity contribution in [3.8, 4) is 0 Å². The smallest absolute Gasteiger partial charge is 0.232 e. The summed E-state index contributed by atoms with van der Waals surface area (Å²) in [6, 6.07) is 1.05. The van der Waals surface area contributed by atoms with E-state index in [4.69, 9.17) is 4.52 Å². The van der Waals surface area contributed by atoms with Crippen LogP contribution in [0.25, 0.3) is 0 Å². The molecule has 0 unspecified atom stereocenters. The van der Waals surface area contributed by atoms with Gasteiger partial charge < -0.3 is 15.2 Å². The van der Waals surface area contributed by atoms with E-state index in [1.165, 1.54) is 0 Å². The Kier molecular flexibility index (Phi) is 10.6. The first-order valence-corrected chi connectivity index (χ1v) is 8.68. The second kappa shape index (κ2) is 10.9. The van der Waals surface area contributed by atoms with Gasteiger partial charge in [0.25, 0.3) is 0 Å². The Morgan fingerprint density at radius 3 is 2.20 bits per heavy atom. The highest BCUT2D eigenvalue weighted by Crippen LogP contribution is 2.19. The van der Waals surface area contributed by atoms with Gasteiger partial charge in [-0.1, -0.05) is 25.9 Å². The molecule has 0 radical (unpaired) electrons. The molecule has 0 spiro atoms. The van der Waals surface area contributed by atoms with Crippen LogP contribution in [0, 0.1) is 0 Å². The fourth-order valence-corrected chi connectivity index (χ4v) is 2.43. The molecule has 1 aromatic rings. The number of aliphatic imine (C=N–C) groups is 1. The molecule has 25 heavy (non-hydrogen) atoms. The molecule has 0 atom stereocenters. The van der Waals surface area contributed by atoms with Crippen LogP contribution in [0.15, 0.2) is 9.52 Å². The lowest BCUT2D eigenvalue weighted by molar-refractivity contribution is 0.178. The molecule has 0 aromatic carbocycles. The van der Waals surface area contributed by atoms with Gasteiger partial charge >= 0.3 is 0 Å². The summed E-state index contributed by atoms with van der Waals surface area (Å²) in [7, 11) is 1.76. The molecule has 0 aliphatic heterocycles. The maximum absolute atomic E-state index is 5.29. The fraction of sp³-hybridized carbons (Fsp3) is 0.824. The van der Waals surface area contributed by atoms with Gasteiger partial charge in [0.2, 0.25) is 5.89 Å². The van der Waals surface area contributed by atoms with E-state index in [2.05, 4.69) is 58.4 Å². The summed E-state index contributed by atoms with van der Waals surface area (Å²) in [5, 5.41) is 10.6. The highest BCUT2D eigenvalue weighted by atomic mass is 127. The summed E-state index contributed by atoms with van der Waals surface area (Å²) in [4.78, 5) is 11.1. The van der Waals surface area contributed by atoms with Crippen molar-refractivity contribution in [1.29, 1.82) is 0 Å². The van der Waals surface area contributed by atoms with Gasteiger partial charge in [0.15, 0.2) is 11.8 Å². The second-order valence-electron chi connectivity index (χ2n) is 7.54. The number of halogens is 1. The van der Waals surface area contributed by atoms with Crippen LogP contribution in [0.4, 0.5) is 0 Å². The van der Waals surface area contributed by atoms with E-state index in [9.17, 15) is 0 Å². The molecule has 0 saturated carbocycles. The zero-order chi connectivity index (χ0) is 18.3. The van der Waals surface area contributed by atoms with Crippen LogP contribution in [0.3, 0.4) is 0 Å². The summed E-state index contributed by atoms with van der Waals surface area (Å²) in [5.74, 6) is 2.02. The highest BCUT2D eigenvalue weighted by molar-refractivity contribution is 14.0. The minimum absolute atomic E-state index is 0. The van der Waals surface area contributed by atoms with E-state index in [0.717, 1.165) is 19.0 Å². The molecule has 0 saturated heterocycles. The van der Waals surface area contributed by atoms with Crippen molar-refractivity contribution in [2.45, 2.75) is 72.5 Å². The first kappa shape index (κ1) is 24.1. The molecule has 0 aliphatic rings. The van der Waals surface area contributed by atoms with E-state index < -0.39 is 0 Å². The molecule has 146 valence electrons. The Hall–Kier alpha value is -0.900. The van der Waals surface area contributed by atoms with Crippen LogP contribution in [0.2, 0.25) is 0 Å². The lowest BCUT2D eigenvalue weighted by Crippen LogP contribution is -2.45. The van der Waals surface area contributed by atoms with E-state index in [-0.39, 0.29) is 29.4 Å². The first-order chi connectivity index (χ1) is 11.1. The second-order valence-corrected chi connectivity index (χ2v) is 7.54. The average Bonchev–Trinajstić information content (AvgIpc) is 2.94. The fourth-order valence-electron chi connectivity index (χ4n) is 2.43. The summed E-state index contributed by atoms with van der Waals surface area (Å²) < 4.78 is 5.29. The minimum Gasteiger partial charge on any atom is -0.355 e. The highest BCUT2D eigenvalue weighted by Gasteiger charge is 2.21. The first-order valence-electron chi connectivity index (χ1n) is 8.68. The van der Waals surface area contributed by atoms with Crippen molar-refractivity contribution >= 4 is 29.9 Å². The lowest BCUT2D eigenvalue weighted by atomic mass is 9.97. The minimum atomic E-state index is -0.137. The van der Waals surface area contributed by atoms with Gasteiger partial charge in [0, 0.05) is 37.6 Å². The van der Waals surface area contributed by atoms with E-state index in [1.807, 2.05) is 20.8 Å². The van der Waals surface area contributed by atoms with Crippen molar-refractivity contribution in [3.63, 3.8) is 0 Å². The van der Waals surface area contributed by atoms with Gasteiger partial charge in [-0.3, -0.25) is 9.89 Å². The van der Waals surface area contributed by atoms with Crippen LogP contribution in [0.5, 0.6) is 0 Å². The Bertz CT molecular complexity index is 513. The summed E-state index contributed by atoms with van der Waals surface area (Å²) >= 11 is 0. The van der Waals surface area contributed by atoms with Crippen molar-refractivity contribution in [1.82, 2.24) is 25.7 Å². The molecule has 7 nitrogen and oxygen atoms in total. The van der Waals surface area contributed by atoms with Crippen molar-refractivity contribution in [3.05, 3.63) is 11.7 Å². The molecule has 0 bridgehead atoms. The third-order valence-electron chi connectivity index (χ3n) is 3.74. The van der Waals surface area contributed by atoms with Gasteiger partial charge in [-0.15, -0.1) is 24.0 Å². The van der Waals surface area contributed by atoms with Crippen LogP contribution >= 0.6 is 24.0 Å². The summed E-state index contributed by atoms with van der Waals surface area (Å²) in [5.41, 5.74) is -0.137. The predicted octanol–water partition coefficient (Wildman–Crippen LogP) is 2.77. The Balaban J connectivity index is 0.00000576. The van der Waals surface area contributed by atoms with Gasteiger partial charge in [-0.2, -0.15) is 4.98 Å². The number of hydrogen-bond donors (Lipinski definition) is 2. The molecule has 0 amide bonds. The molecule has 1 heterocycles. The molecular weight excluding hydrogens is 431 g/mol. The topological polar surface area (TPSA) is 78.6 Å². The van der Waals surface area contributed by atoms with Gasteiger partial charge in [-0.25, -0.2) is 0 Å². The largest absolute Gasteiger partial charge is 0.355 e. The van der Waals surface area contributed by atoms with Crippen molar-refractivity contribution in [2.24, 2.45) is 4.99 Å². The number of aromatic nitrogens is 2. The third-order valence-corrected chi connectivity index (χ3v) is 3.74. The molecule has 0 fully saturated rings. The Morgan fingerprint density at radius 2 is 1.76 bits per heavy atom. The normalized spacial score (nSPS) is 12.7. The molecule has 0 aliphatic carbocycles. The predicted molar refractivity (Wildman–Crippen MR) is 114 cm³/mol. The van der Waals surface area contributed by atoms with Gasteiger partial charge in [0.05, 0.1) is 6.54 Å². The van der Waals surface area contributed by atoms with Crippen LogP contribution in [-0.2, 0) is 12.0 Å². The summed E-state index contributed by atoms with van der Waals surface area (Å²) in [6.07, 6.45) is 0. The Labute approximate surface area is 169 Å². The zero-order valence-corrected chi connectivity index (χ0v) is 19.2. The number of nitrogens with zero attached hydrogens (tertiary/aromatic N) is 4. The van der Waals surface area contributed by atoms with E-state index in [0.29, 0.717) is 30.3 Å². The third kappa shape index (κ3) is 8.35. The SMILES string of the molecule is CN=C(NCCN(C(C)C)C(C)C)NCc1noc(C(C)(C)C)n1.I. The lowest BCUT2D eigenvalue weighted by Gasteiger charge is -2.30. The van der Waals surface area contributed by atoms with Crippen molar-refractivity contribution < 1.29 is 4.52 Å². The molecule has 2 N–H and O–H groups in total. The number of rotatable bonds is 7. The van der Waals surface area contributed by atoms with Crippen LogP contribution in [-0.4, -0.2) is 53.2 Å². The van der Waals surface area contributed by atoms with Gasteiger partial charge in [-0.05, 0) is 27.7 Å². The maximum atomic E-state index is 5.29. The molecule has 1 aromatic heterocycles. The van der Waals surface area contributed by atoms with E-state index in [1.54, 1.807) is 7.05 Å². The van der Waals surface area contributed by atoms with E-state index >= 15 is 0 Å². The quantitative estimate of drug-likeness (QED) is 0.366. The standard InChI is InChI=1S/C17H34N6O.HI/c1-12(2)23(13(3)4)10-9-19-16(18-8)20-11-14-21-15(24-22-14)17(5,6)7;/h12-13H,9-11H2,1-8H3,(H2,18,19,20);1H.